The zero-order valence-corrected chi connectivity index (χ0v) is 73.6. The molecule has 3 amide bonds. The first-order chi connectivity index (χ1) is 51.9. The number of phenols is 3. The van der Waals surface area contributed by atoms with Crippen LogP contribution in [0.2, 0.25) is 0 Å². The summed E-state index contributed by atoms with van der Waals surface area (Å²) in [4.78, 5) is 88.0. The highest BCUT2D eigenvalue weighted by molar-refractivity contribution is 6.40. The number of fused-ring (bicyclic) bond motifs is 3. The summed E-state index contributed by atoms with van der Waals surface area (Å²) in [7, 11) is 0. The lowest BCUT2D eigenvalue weighted by molar-refractivity contribution is -0.0867. The SMILES string of the molecule is C=C(NC(=O)OC(C)(C)C)n1cccn1.Cc1cc(O)cc(C(=O)[C@H]2[C@H](C)[C@@H](N=C(NC(=O)OC(C)(C)C)NC(=O)OC(C)(C)C)C[C@H]3C(C)(C)CCC[C@]23C)c1.Cc1cc(O)cc(C(=O)[C@H]2[C@H](C)[C@H](N)C[C@H]3C(C)(C)CCC[C@]23C)c1.Cc1cc(O)cc(C(=O)[C@H]2[C@H](C)[C@H](N=C(N)N)C[C@H]3C(C)(C)CCC[C@]23C)c1.ClCCl. The third-order valence-electron chi connectivity index (χ3n) is 25.1. The molecular weight excluding hydrogens is 1470 g/mol. The second kappa shape index (κ2) is 37.1. The van der Waals surface area contributed by atoms with Gasteiger partial charge in [-0.3, -0.25) is 30.3 Å². The number of aromatic hydroxyl groups is 3. The number of ether oxygens (including phenoxy) is 3. The topological polar surface area (TPSA) is 347 Å². The number of nitrogens with one attached hydrogen (secondary N) is 3. The second-order valence-electron chi connectivity index (χ2n) is 38.9. The summed E-state index contributed by atoms with van der Waals surface area (Å²) >= 11 is 9.53. The van der Waals surface area contributed by atoms with E-state index in [9.17, 15) is 44.1 Å². The lowest BCUT2D eigenvalue weighted by atomic mass is 9.45. The number of alkyl carbamates (subject to hydrolysis) is 3. The maximum absolute atomic E-state index is 14.3. The number of guanidine groups is 2. The lowest BCUT2D eigenvalue weighted by Gasteiger charge is -2.60. The van der Waals surface area contributed by atoms with Crippen molar-refractivity contribution in [2.24, 2.45) is 113 Å². The summed E-state index contributed by atoms with van der Waals surface area (Å²) in [6, 6.07) is 16.7. The average Bonchev–Trinajstić information content (AvgIpc) is 1.06. The Morgan fingerprint density at radius 1 is 0.513 bits per heavy atom. The van der Waals surface area contributed by atoms with E-state index >= 15 is 0 Å². The average molecular weight is 1610 g/mol. The van der Waals surface area contributed by atoms with Crippen LogP contribution < -0.4 is 33.2 Å². The molecule has 10 rings (SSSR count). The summed E-state index contributed by atoms with van der Waals surface area (Å²) in [6.07, 6.45) is 13.6. The molecule has 4 aromatic rings. The van der Waals surface area contributed by atoms with Gasteiger partial charge in [-0.15, -0.1) is 23.2 Å². The Labute approximate surface area is 683 Å². The molecule has 113 heavy (non-hydrogen) atoms. The lowest BCUT2D eigenvalue weighted by Crippen LogP contribution is -2.59. The summed E-state index contributed by atoms with van der Waals surface area (Å²) in [5.41, 5.74) is 20.2. The van der Waals surface area contributed by atoms with Crippen molar-refractivity contribution in [3.8, 4) is 17.2 Å². The number of carbonyl (C=O) groups excluding carboxylic acids is 6. The van der Waals surface area contributed by atoms with Crippen molar-refractivity contribution >= 4 is 76.6 Å². The summed E-state index contributed by atoms with van der Waals surface area (Å²) in [6.45, 7) is 52.2. The van der Waals surface area contributed by atoms with Crippen molar-refractivity contribution < 1.29 is 58.3 Å². The van der Waals surface area contributed by atoms with Crippen molar-refractivity contribution in [1.82, 2.24) is 25.7 Å². The first-order valence-electron chi connectivity index (χ1n) is 40.2. The fourth-order valence-corrected chi connectivity index (χ4v) is 20.6. The molecule has 6 aliphatic rings. The molecule has 1 aromatic heterocycles. The van der Waals surface area contributed by atoms with Crippen LogP contribution in [-0.4, -0.2) is 113 Å². The van der Waals surface area contributed by atoms with Gasteiger partial charge in [0.05, 0.1) is 17.4 Å². The van der Waals surface area contributed by atoms with E-state index in [0.29, 0.717) is 40.8 Å². The second-order valence-corrected chi connectivity index (χ2v) is 39.7. The van der Waals surface area contributed by atoms with Gasteiger partial charge in [-0.2, -0.15) is 5.10 Å². The van der Waals surface area contributed by atoms with Crippen molar-refractivity contribution in [2.45, 2.75) is 278 Å². The number of aliphatic imine (C=N–C) groups is 2. The molecule has 6 fully saturated rings. The Morgan fingerprint density at radius 2 is 0.823 bits per heavy atom. The predicted octanol–water partition coefficient (Wildman–Crippen LogP) is 19.1. The van der Waals surface area contributed by atoms with Gasteiger partial charge < -0.3 is 46.7 Å². The number of benzene rings is 3. The third kappa shape index (κ3) is 24.2. The van der Waals surface area contributed by atoms with E-state index in [2.05, 4.69) is 109 Å². The van der Waals surface area contributed by atoms with Gasteiger partial charge >= 0.3 is 18.3 Å². The molecule has 6 aliphatic carbocycles. The van der Waals surface area contributed by atoms with Crippen LogP contribution in [0.25, 0.3) is 5.82 Å². The van der Waals surface area contributed by atoms with Crippen LogP contribution in [0, 0.1) is 107 Å². The standard InChI is InChI=1S/C33H51N3O6.C23H35N3O2.C22H33NO2.C10H15N3O2.CH2Cl2/c1-19-15-21(17-22(37)16-19)26(38)25-20(2)23(18-24-32(9,10)13-12-14-33(24,25)11)34-27(35-28(39)41-30(3,4)5)36-29(40)42-31(6,7)8;1-13-9-15(11-16(27)10-13)20(28)19-14(2)17(26-21(24)25)12-18-22(3,4)7-6-8-23(18,19)5;1-13-9-15(11-16(24)10-13)20(25)19-14(2)17(23)12-18-21(3,4)7-6-8-22(18,19)5;1-8(13-7-5-6-11-13)12-9(14)15-10(2,3)4;2-1-3/h15-17,20,23-25,37H,12-14,18H2,1-11H3,(H2,34,35,36,39,40);9-11,14,17-19,27H,6-8,12H2,1-5H3,(H4,24,25,26);9-11,14,17-19,24H,6-8,12,23H2,1-5H3;5-7H,1H2,2-4H3,(H,12,14);1H2/t20-,23+,24+,25-,33+;14-,17-,18+,19-,23+;14-,17-,18+,19-,22+;;/m111../s1. The van der Waals surface area contributed by atoms with E-state index in [0.717, 1.165) is 74.5 Å². The Morgan fingerprint density at radius 3 is 1.12 bits per heavy atom. The molecule has 0 saturated heterocycles. The van der Waals surface area contributed by atoms with Crippen LogP contribution in [0.4, 0.5) is 14.4 Å². The Kier molecular flexibility index (Phi) is 30.9. The van der Waals surface area contributed by atoms with Crippen molar-refractivity contribution in [2.75, 3.05) is 5.34 Å². The summed E-state index contributed by atoms with van der Waals surface area (Å²) in [5, 5.41) is 42.1. The van der Waals surface area contributed by atoms with Gasteiger partial charge in [0.1, 0.15) is 39.9 Å². The molecule has 0 spiro atoms. The number of alkyl halides is 2. The maximum Gasteiger partial charge on any atom is 0.414 e. The molecule has 12 N–H and O–H groups in total. The van der Waals surface area contributed by atoms with E-state index in [1.165, 1.54) is 17.5 Å². The molecule has 0 unspecified atom stereocenters. The number of carbonyl (C=O) groups is 6. The number of rotatable bonds is 10. The first-order valence-corrected chi connectivity index (χ1v) is 41.3. The number of hydrogen-bond donors (Lipinski definition) is 9. The fraction of sp³-hybridized carbons (Fsp3) is 0.652. The molecule has 22 nitrogen and oxygen atoms in total. The Bertz CT molecular complexity index is 3980. The molecule has 0 radical (unpaired) electrons. The van der Waals surface area contributed by atoms with E-state index < -0.39 is 47.0 Å². The van der Waals surface area contributed by atoms with Crippen LogP contribution >= 0.6 is 23.2 Å². The van der Waals surface area contributed by atoms with Crippen LogP contribution in [-0.2, 0) is 14.2 Å². The number of phenolic OH excluding ortho intramolecular Hbond substituents is 3. The highest BCUT2D eigenvalue weighted by Gasteiger charge is 2.62. The number of hydrogen-bond acceptors (Lipinski definition) is 16. The minimum Gasteiger partial charge on any atom is -0.508 e. The van der Waals surface area contributed by atoms with E-state index in [1.807, 2.05) is 45.9 Å². The minimum absolute atomic E-state index is 0.0200. The third-order valence-corrected chi connectivity index (χ3v) is 25.1. The minimum atomic E-state index is -0.760. The van der Waals surface area contributed by atoms with Crippen LogP contribution in [0.5, 0.6) is 17.2 Å². The maximum atomic E-state index is 14.3. The number of ketones is 3. The smallest absolute Gasteiger partial charge is 0.414 e. The van der Waals surface area contributed by atoms with Gasteiger partial charge in [-0.25, -0.2) is 29.1 Å². The number of nitrogens with two attached hydrogens (primary N) is 3. The molecule has 0 bridgehead atoms. The molecule has 6 saturated carbocycles. The number of amides is 3. The Hall–Kier alpha value is -7.69. The number of aromatic nitrogens is 2. The highest BCUT2D eigenvalue weighted by atomic mass is 35.5. The van der Waals surface area contributed by atoms with Gasteiger partial charge in [0.2, 0.25) is 5.96 Å². The molecule has 24 heteroatoms. The quantitative estimate of drug-likeness (QED) is 0.0234. The first kappa shape index (κ1) is 94.2. The fourth-order valence-electron chi connectivity index (χ4n) is 20.6. The normalized spacial score (nSPS) is 28.5. The zero-order chi connectivity index (χ0) is 85.4. The number of halogens is 2. The molecular formula is C89H136Cl2N10O12. The van der Waals surface area contributed by atoms with Gasteiger partial charge in [0.15, 0.2) is 23.3 Å². The Balaban J connectivity index is 0.000000245. The van der Waals surface area contributed by atoms with E-state index in [-0.39, 0.29) is 132 Å². The number of nitrogens with zero attached hydrogens (tertiary/aromatic N) is 4. The van der Waals surface area contributed by atoms with Gasteiger partial charge in [-0.05, 0) is 286 Å². The molecule has 0 aliphatic heterocycles. The van der Waals surface area contributed by atoms with Crippen LogP contribution in [0.1, 0.15) is 270 Å². The van der Waals surface area contributed by atoms with Gasteiger partial charge in [0, 0.05) is 52.9 Å². The van der Waals surface area contributed by atoms with Crippen molar-refractivity contribution in [3.63, 3.8) is 0 Å². The number of aryl methyl sites for hydroxylation is 3. The number of Topliss-reactive ketones (excluding diaryl/α,β-unsaturated/α-hetero) is 3. The van der Waals surface area contributed by atoms with Crippen molar-refractivity contribution in [3.05, 3.63) is 113 Å². The zero-order valence-electron chi connectivity index (χ0n) is 72.0. The summed E-state index contributed by atoms with van der Waals surface area (Å²) in [5.74, 6) is 1.27. The van der Waals surface area contributed by atoms with Crippen LogP contribution in [0.15, 0.2) is 89.6 Å². The largest absolute Gasteiger partial charge is 0.508 e. The monoisotopic (exact) mass is 1610 g/mol. The predicted molar refractivity (Wildman–Crippen MR) is 452 cm³/mol. The molecule has 3 aromatic carbocycles. The van der Waals surface area contributed by atoms with Crippen LogP contribution in [0.3, 0.4) is 0 Å². The highest BCUT2D eigenvalue weighted by Crippen LogP contribution is 2.65. The van der Waals surface area contributed by atoms with E-state index in [1.54, 1.807) is 117 Å². The summed E-state index contributed by atoms with van der Waals surface area (Å²) < 4.78 is 17.4. The molecule has 628 valence electrons. The van der Waals surface area contributed by atoms with Gasteiger partial charge in [0.25, 0.3) is 0 Å². The van der Waals surface area contributed by atoms with Crippen molar-refractivity contribution in [1.29, 1.82) is 0 Å². The van der Waals surface area contributed by atoms with E-state index in [4.69, 9.17) is 59.6 Å². The molecule has 1 heterocycles. The molecule has 15 atom stereocenters. The van der Waals surface area contributed by atoms with Gasteiger partial charge in [-0.1, -0.05) is 109 Å².